The molecule has 104 valence electrons. The van der Waals surface area contributed by atoms with Crippen LogP contribution >= 0.6 is 0 Å². The van der Waals surface area contributed by atoms with E-state index < -0.39 is 0 Å². The van der Waals surface area contributed by atoms with E-state index in [0.717, 1.165) is 5.69 Å². The van der Waals surface area contributed by atoms with Crippen LogP contribution in [0.25, 0.3) is 0 Å². The van der Waals surface area contributed by atoms with Crippen LogP contribution in [-0.4, -0.2) is 24.1 Å². The first-order valence-electron chi connectivity index (χ1n) is 6.77. The highest BCUT2D eigenvalue weighted by molar-refractivity contribution is 5.90. The molecule has 1 saturated carbocycles. The summed E-state index contributed by atoms with van der Waals surface area (Å²) in [6.07, 6.45) is 5.32. The molecule has 0 radical (unpaired) electrons. The third kappa shape index (κ3) is 3.53. The van der Waals surface area contributed by atoms with Crippen LogP contribution in [0.3, 0.4) is 0 Å². The second-order valence-corrected chi connectivity index (χ2v) is 5.97. The fourth-order valence-electron chi connectivity index (χ4n) is 2.73. The van der Waals surface area contributed by atoms with Crippen LogP contribution in [0.15, 0.2) is 18.3 Å². The molecule has 1 unspecified atom stereocenters. The molecule has 2 rings (SSSR count). The number of nitrogens with zero attached hydrogens (tertiary/aromatic N) is 1. The van der Waals surface area contributed by atoms with Crippen LogP contribution in [-0.2, 0) is 11.3 Å². The molecular formula is C15H22N2O2. The van der Waals surface area contributed by atoms with Gasteiger partial charge in [0.2, 0.25) is 0 Å². The van der Waals surface area contributed by atoms with Gasteiger partial charge in [0.15, 0.2) is 0 Å². The summed E-state index contributed by atoms with van der Waals surface area (Å²) in [4.78, 5) is 15.9. The molecule has 19 heavy (non-hydrogen) atoms. The Hall–Kier alpha value is -1.42. The van der Waals surface area contributed by atoms with Gasteiger partial charge in [-0.3, -0.25) is 4.98 Å². The molecule has 1 aliphatic rings. The lowest BCUT2D eigenvalue weighted by Gasteiger charge is -2.18. The Morgan fingerprint density at radius 1 is 1.58 bits per heavy atom. The minimum absolute atomic E-state index is 0.323. The van der Waals surface area contributed by atoms with Gasteiger partial charge in [-0.15, -0.1) is 0 Å². The molecule has 4 heteroatoms. The number of ether oxygens (including phenoxy) is 1. The third-order valence-corrected chi connectivity index (χ3v) is 3.82. The van der Waals surface area contributed by atoms with Crippen molar-refractivity contribution in [1.82, 2.24) is 10.3 Å². The van der Waals surface area contributed by atoms with Gasteiger partial charge in [0.25, 0.3) is 0 Å². The summed E-state index contributed by atoms with van der Waals surface area (Å²) in [5.41, 5.74) is 1.74. The van der Waals surface area contributed by atoms with E-state index in [2.05, 4.69) is 24.1 Å². The second-order valence-electron chi connectivity index (χ2n) is 5.97. The Morgan fingerprint density at radius 3 is 3.00 bits per heavy atom. The molecule has 1 aromatic heterocycles. The van der Waals surface area contributed by atoms with E-state index in [1.54, 1.807) is 18.3 Å². The van der Waals surface area contributed by atoms with E-state index in [-0.39, 0.29) is 5.97 Å². The topological polar surface area (TPSA) is 51.2 Å². The summed E-state index contributed by atoms with van der Waals surface area (Å²) in [5.74, 6) is -0.323. The number of methoxy groups -OCH3 is 1. The van der Waals surface area contributed by atoms with Crippen LogP contribution in [0.4, 0.5) is 0 Å². The van der Waals surface area contributed by atoms with Crippen LogP contribution in [0.1, 0.15) is 49.2 Å². The Morgan fingerprint density at radius 2 is 2.37 bits per heavy atom. The molecule has 0 spiro atoms. The molecule has 1 atom stereocenters. The molecule has 0 aliphatic heterocycles. The molecule has 0 bridgehead atoms. The smallest absolute Gasteiger partial charge is 0.339 e. The lowest BCUT2D eigenvalue weighted by molar-refractivity contribution is 0.0598. The molecule has 0 aromatic carbocycles. The van der Waals surface area contributed by atoms with Crippen LogP contribution in [0, 0.1) is 5.41 Å². The number of pyridine rings is 1. The number of carbonyl (C=O) groups is 1. The highest BCUT2D eigenvalue weighted by Gasteiger charge is 2.30. The maximum absolute atomic E-state index is 11.6. The summed E-state index contributed by atoms with van der Waals surface area (Å²) < 4.78 is 4.78. The van der Waals surface area contributed by atoms with Gasteiger partial charge in [-0.1, -0.05) is 13.8 Å². The van der Waals surface area contributed by atoms with Gasteiger partial charge in [0, 0.05) is 18.8 Å². The van der Waals surface area contributed by atoms with Gasteiger partial charge in [0.05, 0.1) is 18.4 Å². The van der Waals surface area contributed by atoms with E-state index in [0.29, 0.717) is 23.6 Å². The van der Waals surface area contributed by atoms with Gasteiger partial charge >= 0.3 is 5.97 Å². The van der Waals surface area contributed by atoms with Crippen molar-refractivity contribution in [3.8, 4) is 0 Å². The van der Waals surface area contributed by atoms with Crippen molar-refractivity contribution in [3.63, 3.8) is 0 Å². The minimum atomic E-state index is -0.323. The number of rotatable bonds is 4. The lowest BCUT2D eigenvalue weighted by atomic mass is 9.92. The summed E-state index contributed by atoms with van der Waals surface area (Å²) in [6.45, 7) is 5.22. The molecule has 0 amide bonds. The summed E-state index contributed by atoms with van der Waals surface area (Å²) in [5, 5.41) is 3.50. The fourth-order valence-corrected chi connectivity index (χ4v) is 2.73. The van der Waals surface area contributed by atoms with E-state index in [9.17, 15) is 4.79 Å². The van der Waals surface area contributed by atoms with E-state index in [4.69, 9.17) is 4.74 Å². The van der Waals surface area contributed by atoms with Crippen molar-refractivity contribution < 1.29 is 9.53 Å². The largest absolute Gasteiger partial charge is 0.465 e. The van der Waals surface area contributed by atoms with E-state index >= 15 is 0 Å². The van der Waals surface area contributed by atoms with E-state index in [1.165, 1.54) is 26.4 Å². The molecule has 1 aliphatic carbocycles. The first-order chi connectivity index (χ1) is 9.02. The number of carbonyl (C=O) groups excluding carboxylic acids is 1. The van der Waals surface area contributed by atoms with Gasteiger partial charge < -0.3 is 10.1 Å². The lowest BCUT2D eigenvalue weighted by Crippen LogP contribution is -2.28. The summed E-state index contributed by atoms with van der Waals surface area (Å²) in [7, 11) is 1.39. The SMILES string of the molecule is COC(=O)c1cccnc1CNC1CCC(C)(C)C1. The van der Waals surface area contributed by atoms with E-state index in [1.807, 2.05) is 0 Å². The Bertz CT molecular complexity index is 457. The third-order valence-electron chi connectivity index (χ3n) is 3.82. The van der Waals surface area contributed by atoms with Gasteiger partial charge in [-0.05, 0) is 36.8 Å². The Kier molecular flexibility index (Phi) is 4.20. The molecule has 1 fully saturated rings. The molecule has 1 aromatic rings. The monoisotopic (exact) mass is 262 g/mol. The zero-order valence-electron chi connectivity index (χ0n) is 11.9. The number of esters is 1. The highest BCUT2D eigenvalue weighted by atomic mass is 16.5. The average Bonchev–Trinajstić information content (AvgIpc) is 2.75. The van der Waals surface area contributed by atoms with Gasteiger partial charge in [-0.25, -0.2) is 4.79 Å². The molecule has 4 nitrogen and oxygen atoms in total. The molecule has 0 saturated heterocycles. The number of nitrogens with one attached hydrogen (secondary N) is 1. The maximum Gasteiger partial charge on any atom is 0.339 e. The maximum atomic E-state index is 11.6. The van der Waals surface area contributed by atoms with Crippen LogP contribution in [0.5, 0.6) is 0 Å². The predicted octanol–water partition coefficient (Wildman–Crippen LogP) is 2.54. The minimum Gasteiger partial charge on any atom is -0.465 e. The number of aromatic nitrogens is 1. The zero-order chi connectivity index (χ0) is 13.9. The average molecular weight is 262 g/mol. The van der Waals surface area contributed by atoms with Crippen molar-refractivity contribution in [2.75, 3.05) is 7.11 Å². The Labute approximate surface area is 114 Å². The molecule has 1 heterocycles. The van der Waals surface area contributed by atoms with Crippen LogP contribution in [0.2, 0.25) is 0 Å². The number of hydrogen-bond donors (Lipinski definition) is 1. The standard InChI is InChI=1S/C15H22N2O2/c1-15(2)7-6-11(9-15)17-10-13-12(14(18)19-3)5-4-8-16-13/h4-5,8,11,17H,6-7,9-10H2,1-3H3. The van der Waals surface area contributed by atoms with Crippen molar-refractivity contribution in [3.05, 3.63) is 29.6 Å². The number of hydrogen-bond acceptors (Lipinski definition) is 4. The van der Waals surface area contributed by atoms with Crippen molar-refractivity contribution in [2.45, 2.75) is 45.7 Å². The molecular weight excluding hydrogens is 240 g/mol. The Balaban J connectivity index is 1.98. The van der Waals surface area contributed by atoms with Crippen molar-refractivity contribution in [2.24, 2.45) is 5.41 Å². The predicted molar refractivity (Wildman–Crippen MR) is 73.8 cm³/mol. The summed E-state index contributed by atoms with van der Waals surface area (Å²) >= 11 is 0. The van der Waals surface area contributed by atoms with Crippen molar-refractivity contribution >= 4 is 5.97 Å². The first kappa shape index (κ1) is 14.0. The highest BCUT2D eigenvalue weighted by Crippen LogP contribution is 2.36. The summed E-state index contributed by atoms with van der Waals surface area (Å²) in [6, 6.07) is 4.03. The normalized spacial score (nSPS) is 21.3. The first-order valence-corrected chi connectivity index (χ1v) is 6.77. The van der Waals surface area contributed by atoms with Gasteiger partial charge in [0.1, 0.15) is 0 Å². The van der Waals surface area contributed by atoms with Crippen LogP contribution < -0.4 is 5.32 Å². The van der Waals surface area contributed by atoms with Gasteiger partial charge in [-0.2, -0.15) is 0 Å². The van der Waals surface area contributed by atoms with Crippen molar-refractivity contribution in [1.29, 1.82) is 0 Å². The fraction of sp³-hybridized carbons (Fsp3) is 0.600. The molecule has 1 N–H and O–H groups in total. The zero-order valence-corrected chi connectivity index (χ0v) is 11.9. The quantitative estimate of drug-likeness (QED) is 0.847. The second kappa shape index (κ2) is 5.70.